The fourth-order valence-electron chi connectivity index (χ4n) is 5.12. The molecule has 11 nitrogen and oxygen atoms in total. The average Bonchev–Trinajstić information content (AvgIpc) is 3.67. The van der Waals surface area contributed by atoms with Gasteiger partial charge in [0.05, 0.1) is 51.6 Å². The molecule has 3 heterocycles. The Labute approximate surface area is 266 Å². The van der Waals surface area contributed by atoms with E-state index in [2.05, 4.69) is 15.3 Å². The van der Waals surface area contributed by atoms with Crippen molar-refractivity contribution < 1.29 is 27.9 Å². The fourth-order valence-corrected chi connectivity index (χ4v) is 7.51. The second-order valence-corrected chi connectivity index (χ2v) is 14.1. The van der Waals surface area contributed by atoms with Gasteiger partial charge in [0, 0.05) is 19.3 Å². The van der Waals surface area contributed by atoms with Crippen molar-refractivity contribution in [3.63, 3.8) is 0 Å². The predicted octanol–water partition coefficient (Wildman–Crippen LogP) is 3.84. The highest BCUT2D eigenvalue weighted by Crippen LogP contribution is 2.26. The Morgan fingerprint density at radius 2 is 1.91 bits per heavy atom. The van der Waals surface area contributed by atoms with E-state index in [-0.39, 0.29) is 43.4 Å². The van der Waals surface area contributed by atoms with E-state index in [0.717, 1.165) is 16.7 Å². The molecule has 5 rings (SSSR count). The van der Waals surface area contributed by atoms with E-state index in [4.69, 9.17) is 4.74 Å². The highest BCUT2D eigenvalue weighted by Gasteiger charge is 2.38. The van der Waals surface area contributed by atoms with Crippen LogP contribution in [0, 0.1) is 5.92 Å². The summed E-state index contributed by atoms with van der Waals surface area (Å²) in [4.78, 5) is 36.0. The van der Waals surface area contributed by atoms with E-state index < -0.39 is 40.3 Å². The van der Waals surface area contributed by atoms with Gasteiger partial charge < -0.3 is 15.2 Å². The minimum atomic E-state index is -4.01. The Morgan fingerprint density at radius 1 is 1.13 bits per heavy atom. The van der Waals surface area contributed by atoms with Crippen LogP contribution in [-0.4, -0.2) is 82.6 Å². The highest BCUT2D eigenvalue weighted by atomic mass is 32.2. The van der Waals surface area contributed by atoms with Crippen molar-refractivity contribution in [1.29, 1.82) is 0 Å². The Bertz CT molecular complexity index is 1700. The molecule has 13 heteroatoms. The summed E-state index contributed by atoms with van der Waals surface area (Å²) < 4.78 is 35.4. The van der Waals surface area contributed by atoms with Crippen molar-refractivity contribution in [3.05, 3.63) is 89.7 Å². The van der Waals surface area contributed by atoms with Crippen LogP contribution in [0.5, 0.6) is 0 Å². The molecule has 0 saturated carbocycles. The standard InChI is InChI=1S/C32H37N5O6S2/c1-3-22(2)17-37(45(41,42)25-12-13-26-30(16-25)44-21-34-26)19-28(38)27(15-23-9-5-4-6-10-23)35-31(39)29-20-36(32(40)43-29)18-24-11-7-8-14-33-24/h4-14,16,21-22,27-29,38H,3,15,17-20H2,1-2H3,(H,35,39)/t22-,27?,28+,29?/m0/s1. The van der Waals surface area contributed by atoms with Gasteiger partial charge in [-0.05, 0) is 48.2 Å². The summed E-state index contributed by atoms with van der Waals surface area (Å²) in [5, 5.41) is 14.5. The number of hydrogen-bond acceptors (Lipinski definition) is 9. The number of aliphatic hydroxyl groups is 1. The molecular formula is C32H37N5O6S2. The minimum absolute atomic E-state index is 0.0178. The average molecular weight is 652 g/mol. The van der Waals surface area contributed by atoms with E-state index in [1.807, 2.05) is 50.2 Å². The van der Waals surface area contributed by atoms with Crippen molar-refractivity contribution >= 4 is 43.6 Å². The predicted molar refractivity (Wildman–Crippen MR) is 171 cm³/mol. The highest BCUT2D eigenvalue weighted by molar-refractivity contribution is 7.89. The number of cyclic esters (lactones) is 1. The Kier molecular flexibility index (Phi) is 10.4. The summed E-state index contributed by atoms with van der Waals surface area (Å²) in [6, 6.07) is 18.6. The molecule has 2 unspecified atom stereocenters. The maximum Gasteiger partial charge on any atom is 0.411 e. The largest absolute Gasteiger partial charge is 0.434 e. The fraction of sp³-hybridized carbons (Fsp3) is 0.375. The summed E-state index contributed by atoms with van der Waals surface area (Å²) in [6.45, 7) is 4.08. The molecule has 0 bridgehead atoms. The zero-order valence-electron chi connectivity index (χ0n) is 25.2. The molecule has 4 aromatic rings. The second kappa shape index (κ2) is 14.5. The number of rotatable bonds is 14. The number of pyridine rings is 1. The molecule has 0 spiro atoms. The van der Waals surface area contributed by atoms with Crippen LogP contribution in [0.25, 0.3) is 10.2 Å². The first-order valence-corrected chi connectivity index (χ1v) is 17.2. The number of thiazole rings is 1. The molecule has 2 aromatic heterocycles. The van der Waals surface area contributed by atoms with Crippen molar-refractivity contribution in [1.82, 2.24) is 24.5 Å². The van der Waals surface area contributed by atoms with Crippen LogP contribution >= 0.6 is 11.3 Å². The number of amides is 2. The molecule has 1 aliphatic rings. The number of carbonyl (C=O) groups excluding carboxylic acids is 2. The third kappa shape index (κ3) is 8.03. The maximum atomic E-state index is 14.0. The van der Waals surface area contributed by atoms with Gasteiger partial charge >= 0.3 is 6.09 Å². The quantitative estimate of drug-likeness (QED) is 0.210. The molecule has 4 atom stereocenters. The van der Waals surface area contributed by atoms with Gasteiger partial charge in [0.1, 0.15) is 0 Å². The molecule has 2 aromatic carbocycles. The van der Waals surface area contributed by atoms with Crippen LogP contribution in [0.1, 0.15) is 31.5 Å². The lowest BCUT2D eigenvalue weighted by Gasteiger charge is -2.31. The monoisotopic (exact) mass is 651 g/mol. The topological polar surface area (TPSA) is 142 Å². The third-order valence-electron chi connectivity index (χ3n) is 7.89. The Balaban J connectivity index is 1.35. The number of nitrogens with one attached hydrogen (secondary N) is 1. The van der Waals surface area contributed by atoms with Crippen molar-refractivity contribution in [2.75, 3.05) is 19.6 Å². The van der Waals surface area contributed by atoms with Crippen LogP contribution in [0.2, 0.25) is 0 Å². The van der Waals surface area contributed by atoms with E-state index >= 15 is 0 Å². The van der Waals surface area contributed by atoms with Gasteiger partial charge in [-0.15, -0.1) is 11.3 Å². The van der Waals surface area contributed by atoms with Gasteiger partial charge in [0.2, 0.25) is 10.0 Å². The van der Waals surface area contributed by atoms with Gasteiger partial charge in [-0.25, -0.2) is 18.2 Å². The second-order valence-electron chi connectivity index (χ2n) is 11.3. The molecule has 0 radical (unpaired) electrons. The first-order chi connectivity index (χ1) is 21.6. The number of nitrogens with zero attached hydrogens (tertiary/aromatic N) is 4. The normalized spacial score (nSPS) is 17.3. The van der Waals surface area contributed by atoms with Crippen LogP contribution < -0.4 is 5.32 Å². The van der Waals surface area contributed by atoms with E-state index in [0.29, 0.717) is 11.2 Å². The van der Waals surface area contributed by atoms with Gasteiger partial charge in [0.25, 0.3) is 5.91 Å². The molecule has 238 valence electrons. The maximum absolute atomic E-state index is 14.0. The SMILES string of the molecule is CC[C@H](C)CN(C[C@@H](O)C(Cc1ccccc1)NC(=O)C1CN(Cc2ccccn2)C(=O)O1)S(=O)(=O)c1ccc2ncsc2c1. The summed E-state index contributed by atoms with van der Waals surface area (Å²) in [6.07, 6.45) is -0.415. The number of aliphatic hydroxyl groups excluding tert-OH is 1. The van der Waals surface area contributed by atoms with Crippen LogP contribution in [-0.2, 0) is 32.5 Å². The molecule has 2 amide bonds. The van der Waals surface area contributed by atoms with E-state index in [9.17, 15) is 23.1 Å². The van der Waals surface area contributed by atoms with Gasteiger partial charge in [-0.1, -0.05) is 56.7 Å². The molecule has 45 heavy (non-hydrogen) atoms. The lowest BCUT2D eigenvalue weighted by molar-refractivity contribution is -0.129. The first-order valence-electron chi connectivity index (χ1n) is 14.8. The van der Waals surface area contributed by atoms with E-state index in [1.165, 1.54) is 26.6 Å². The molecular weight excluding hydrogens is 615 g/mol. The number of carbonyl (C=O) groups is 2. The van der Waals surface area contributed by atoms with Crippen LogP contribution in [0.15, 0.2) is 83.3 Å². The van der Waals surface area contributed by atoms with Gasteiger partial charge in [-0.3, -0.25) is 14.7 Å². The Morgan fingerprint density at radius 3 is 2.64 bits per heavy atom. The zero-order valence-corrected chi connectivity index (χ0v) is 26.8. The van der Waals surface area contributed by atoms with Crippen molar-refractivity contribution in [2.24, 2.45) is 5.92 Å². The third-order valence-corrected chi connectivity index (χ3v) is 10.5. The minimum Gasteiger partial charge on any atom is -0.434 e. The summed E-state index contributed by atoms with van der Waals surface area (Å²) in [5.41, 5.74) is 3.88. The summed E-state index contributed by atoms with van der Waals surface area (Å²) in [5.74, 6) is -0.553. The molecule has 1 fully saturated rings. The number of fused-ring (bicyclic) bond motifs is 1. The number of ether oxygens (including phenoxy) is 1. The van der Waals surface area contributed by atoms with E-state index in [1.54, 1.807) is 36.0 Å². The molecule has 1 aliphatic heterocycles. The lowest BCUT2D eigenvalue weighted by Crippen LogP contribution is -2.53. The number of benzene rings is 2. The number of hydrogen-bond donors (Lipinski definition) is 2. The molecule has 2 N–H and O–H groups in total. The number of aromatic nitrogens is 2. The molecule has 1 saturated heterocycles. The summed E-state index contributed by atoms with van der Waals surface area (Å²) >= 11 is 1.35. The Hall–Kier alpha value is -3.91. The zero-order chi connectivity index (χ0) is 32.0. The first kappa shape index (κ1) is 32.5. The number of sulfonamides is 1. The van der Waals surface area contributed by atoms with Crippen LogP contribution in [0.4, 0.5) is 4.79 Å². The summed E-state index contributed by atoms with van der Waals surface area (Å²) in [7, 11) is -4.01. The van der Waals surface area contributed by atoms with Crippen molar-refractivity contribution in [3.8, 4) is 0 Å². The van der Waals surface area contributed by atoms with Gasteiger partial charge in [-0.2, -0.15) is 4.31 Å². The van der Waals surface area contributed by atoms with Gasteiger partial charge in [0.15, 0.2) is 6.10 Å². The smallest absolute Gasteiger partial charge is 0.411 e. The lowest BCUT2D eigenvalue weighted by atomic mass is 10.0. The molecule has 0 aliphatic carbocycles. The van der Waals surface area contributed by atoms with Crippen LogP contribution in [0.3, 0.4) is 0 Å². The van der Waals surface area contributed by atoms with Crippen molar-refractivity contribution in [2.45, 2.75) is 56.4 Å².